The lowest BCUT2D eigenvalue weighted by Gasteiger charge is -2.35. The summed E-state index contributed by atoms with van der Waals surface area (Å²) >= 11 is 0. The third kappa shape index (κ3) is 2.88. The highest BCUT2D eigenvalue weighted by Gasteiger charge is 2.32. The summed E-state index contributed by atoms with van der Waals surface area (Å²) in [6.07, 6.45) is 3.05. The second-order valence-electron chi connectivity index (χ2n) is 5.41. The number of rotatable bonds is 3. The Balaban J connectivity index is 2.14. The maximum atomic E-state index is 9.65. The summed E-state index contributed by atoms with van der Waals surface area (Å²) in [5.41, 5.74) is 3.91. The lowest BCUT2D eigenvalue weighted by molar-refractivity contribution is -0.0379. The first-order valence-corrected chi connectivity index (χ1v) is 6.40. The molecule has 1 N–H and O–H groups in total. The molecule has 2 nitrogen and oxygen atoms in total. The van der Waals surface area contributed by atoms with E-state index in [1.54, 1.807) is 0 Å². The highest BCUT2D eigenvalue weighted by molar-refractivity contribution is 5.30. The standard InChI is InChI=1S/C15H22O2/c1-12-4-5-14(8-13(12)2)9-15(10-16)6-3-7-17-11-15/h4-5,8,16H,3,6-7,9-11H2,1-2H3. The predicted octanol–water partition coefficient (Wildman–Crippen LogP) is 2.64. The number of aliphatic hydroxyl groups excluding tert-OH is 1. The lowest BCUT2D eigenvalue weighted by Crippen LogP contribution is -2.37. The van der Waals surface area contributed by atoms with E-state index in [1.807, 2.05) is 0 Å². The van der Waals surface area contributed by atoms with Crippen molar-refractivity contribution in [3.05, 3.63) is 34.9 Å². The van der Waals surface area contributed by atoms with Crippen molar-refractivity contribution >= 4 is 0 Å². The van der Waals surface area contributed by atoms with Crippen LogP contribution in [0.3, 0.4) is 0 Å². The molecule has 0 aromatic heterocycles. The minimum atomic E-state index is -0.0556. The Kier molecular flexibility index (Phi) is 3.85. The number of hydrogen-bond donors (Lipinski definition) is 1. The first-order chi connectivity index (χ1) is 8.15. The predicted molar refractivity (Wildman–Crippen MR) is 69.2 cm³/mol. The van der Waals surface area contributed by atoms with Crippen LogP contribution in [0.25, 0.3) is 0 Å². The molecule has 0 spiro atoms. The van der Waals surface area contributed by atoms with Gasteiger partial charge in [-0.25, -0.2) is 0 Å². The van der Waals surface area contributed by atoms with Gasteiger partial charge in [0.25, 0.3) is 0 Å². The van der Waals surface area contributed by atoms with Crippen molar-refractivity contribution in [1.82, 2.24) is 0 Å². The molecule has 1 aliphatic heterocycles. The quantitative estimate of drug-likeness (QED) is 0.871. The van der Waals surface area contributed by atoms with E-state index in [2.05, 4.69) is 32.0 Å². The molecule has 1 aromatic carbocycles. The summed E-state index contributed by atoms with van der Waals surface area (Å²) < 4.78 is 5.54. The molecule has 0 radical (unpaired) electrons. The Hall–Kier alpha value is -0.860. The van der Waals surface area contributed by atoms with Crippen molar-refractivity contribution in [3.63, 3.8) is 0 Å². The first-order valence-electron chi connectivity index (χ1n) is 6.40. The molecule has 0 aliphatic carbocycles. The third-order valence-electron chi connectivity index (χ3n) is 3.89. The van der Waals surface area contributed by atoms with Crippen molar-refractivity contribution < 1.29 is 9.84 Å². The molecule has 0 saturated carbocycles. The maximum absolute atomic E-state index is 9.65. The largest absolute Gasteiger partial charge is 0.396 e. The van der Waals surface area contributed by atoms with E-state index in [0.29, 0.717) is 6.61 Å². The summed E-state index contributed by atoms with van der Waals surface area (Å²) in [4.78, 5) is 0. The number of aryl methyl sites for hydroxylation is 2. The molecule has 1 aliphatic rings. The molecular formula is C15H22O2. The number of hydrogen-bond acceptors (Lipinski definition) is 2. The third-order valence-corrected chi connectivity index (χ3v) is 3.89. The topological polar surface area (TPSA) is 29.5 Å². The van der Waals surface area contributed by atoms with Crippen LogP contribution in [-0.2, 0) is 11.2 Å². The Morgan fingerprint density at radius 1 is 1.29 bits per heavy atom. The van der Waals surface area contributed by atoms with Crippen LogP contribution < -0.4 is 0 Å². The Bertz CT molecular complexity index is 379. The highest BCUT2D eigenvalue weighted by Crippen LogP contribution is 2.32. The molecule has 1 heterocycles. The molecule has 0 amide bonds. The molecule has 2 rings (SSSR count). The molecule has 1 unspecified atom stereocenters. The van der Waals surface area contributed by atoms with Gasteiger partial charge in [0.1, 0.15) is 0 Å². The van der Waals surface area contributed by atoms with E-state index < -0.39 is 0 Å². The van der Waals surface area contributed by atoms with Gasteiger partial charge >= 0.3 is 0 Å². The molecule has 94 valence electrons. The van der Waals surface area contributed by atoms with E-state index in [9.17, 15) is 5.11 Å². The minimum absolute atomic E-state index is 0.0556. The summed E-state index contributed by atoms with van der Waals surface area (Å²) in [5, 5.41) is 9.65. The highest BCUT2D eigenvalue weighted by atomic mass is 16.5. The fourth-order valence-corrected chi connectivity index (χ4v) is 2.58. The first kappa shape index (κ1) is 12.6. The average Bonchev–Trinajstić information content (AvgIpc) is 2.35. The SMILES string of the molecule is Cc1ccc(CC2(CO)CCCOC2)cc1C. The van der Waals surface area contributed by atoms with Gasteiger partial charge in [-0.05, 0) is 49.8 Å². The van der Waals surface area contributed by atoms with E-state index in [1.165, 1.54) is 16.7 Å². The number of ether oxygens (including phenoxy) is 1. The zero-order valence-electron chi connectivity index (χ0n) is 10.8. The second kappa shape index (κ2) is 5.19. The van der Waals surface area contributed by atoms with Crippen LogP contribution in [0.15, 0.2) is 18.2 Å². The molecular weight excluding hydrogens is 212 g/mol. The van der Waals surface area contributed by atoms with Gasteiger partial charge in [0, 0.05) is 12.0 Å². The van der Waals surface area contributed by atoms with E-state index in [0.717, 1.165) is 25.9 Å². The van der Waals surface area contributed by atoms with E-state index in [-0.39, 0.29) is 12.0 Å². The van der Waals surface area contributed by atoms with Crippen LogP contribution in [0.1, 0.15) is 29.5 Å². The van der Waals surface area contributed by atoms with Gasteiger partial charge in [-0.3, -0.25) is 0 Å². The van der Waals surface area contributed by atoms with Crippen LogP contribution in [0.4, 0.5) is 0 Å². The fourth-order valence-electron chi connectivity index (χ4n) is 2.58. The van der Waals surface area contributed by atoms with Gasteiger partial charge < -0.3 is 9.84 Å². The maximum Gasteiger partial charge on any atom is 0.0547 e. The van der Waals surface area contributed by atoms with Crippen LogP contribution in [0.2, 0.25) is 0 Å². The van der Waals surface area contributed by atoms with Gasteiger partial charge in [0.05, 0.1) is 13.2 Å². The molecule has 0 bridgehead atoms. The average molecular weight is 234 g/mol. The van der Waals surface area contributed by atoms with E-state index in [4.69, 9.17) is 4.74 Å². The zero-order valence-corrected chi connectivity index (χ0v) is 10.8. The van der Waals surface area contributed by atoms with Crippen molar-refractivity contribution in [2.75, 3.05) is 19.8 Å². The lowest BCUT2D eigenvalue weighted by atomic mass is 9.77. The smallest absolute Gasteiger partial charge is 0.0547 e. The van der Waals surface area contributed by atoms with Crippen LogP contribution >= 0.6 is 0 Å². The molecule has 1 aromatic rings. The number of aliphatic hydroxyl groups is 1. The Morgan fingerprint density at radius 2 is 2.12 bits per heavy atom. The summed E-state index contributed by atoms with van der Waals surface area (Å²) in [6, 6.07) is 6.58. The van der Waals surface area contributed by atoms with E-state index >= 15 is 0 Å². The van der Waals surface area contributed by atoms with Crippen LogP contribution in [-0.4, -0.2) is 24.9 Å². The summed E-state index contributed by atoms with van der Waals surface area (Å²) in [5.74, 6) is 0. The molecule has 2 heteroatoms. The van der Waals surface area contributed by atoms with Crippen LogP contribution in [0.5, 0.6) is 0 Å². The number of benzene rings is 1. The second-order valence-corrected chi connectivity index (χ2v) is 5.41. The summed E-state index contributed by atoms with van der Waals surface area (Å²) in [6.45, 7) is 6.03. The van der Waals surface area contributed by atoms with Crippen molar-refractivity contribution in [2.45, 2.75) is 33.1 Å². The van der Waals surface area contributed by atoms with Gasteiger partial charge in [-0.1, -0.05) is 18.2 Å². The monoisotopic (exact) mass is 234 g/mol. The molecule has 1 fully saturated rings. The molecule has 1 atom stereocenters. The van der Waals surface area contributed by atoms with Crippen LogP contribution in [0, 0.1) is 19.3 Å². The van der Waals surface area contributed by atoms with Gasteiger partial charge in [0.15, 0.2) is 0 Å². The van der Waals surface area contributed by atoms with Gasteiger partial charge in [0.2, 0.25) is 0 Å². The Morgan fingerprint density at radius 3 is 2.71 bits per heavy atom. The van der Waals surface area contributed by atoms with Crippen molar-refractivity contribution in [3.8, 4) is 0 Å². The molecule has 17 heavy (non-hydrogen) atoms. The normalized spacial score (nSPS) is 24.9. The fraction of sp³-hybridized carbons (Fsp3) is 0.600. The van der Waals surface area contributed by atoms with Crippen molar-refractivity contribution in [2.24, 2.45) is 5.41 Å². The van der Waals surface area contributed by atoms with Gasteiger partial charge in [-0.2, -0.15) is 0 Å². The van der Waals surface area contributed by atoms with Gasteiger partial charge in [-0.15, -0.1) is 0 Å². The zero-order chi connectivity index (χ0) is 12.3. The molecule has 1 saturated heterocycles. The van der Waals surface area contributed by atoms with Crippen molar-refractivity contribution in [1.29, 1.82) is 0 Å². The minimum Gasteiger partial charge on any atom is -0.396 e. The Labute approximate surface area is 104 Å². The summed E-state index contributed by atoms with van der Waals surface area (Å²) in [7, 11) is 0.